The van der Waals surface area contributed by atoms with Crippen molar-refractivity contribution in [3.63, 3.8) is 0 Å². The molecule has 4 aromatic rings. The van der Waals surface area contributed by atoms with Crippen LogP contribution in [0.5, 0.6) is 17.2 Å². The number of phenolic OH excluding ortho intramolecular Hbond substituents is 2. The van der Waals surface area contributed by atoms with Gasteiger partial charge in [0.25, 0.3) is 0 Å². The molecule has 0 unspecified atom stereocenters. The number of benzene rings is 4. The number of carbonyl (C=O) groups is 4. The second kappa shape index (κ2) is 11.4. The Balaban J connectivity index is 2.06. The first-order valence-electron chi connectivity index (χ1n) is 11.7. The Kier molecular flexibility index (Phi) is 7.81. The maximum Gasteiger partial charge on any atom is 0.343 e. The van der Waals surface area contributed by atoms with E-state index in [-0.39, 0.29) is 23.3 Å². The van der Waals surface area contributed by atoms with Gasteiger partial charge in [-0.05, 0) is 31.2 Å². The molecular weight excluding hydrogens is 507 g/mol. The molecular formula is C30H21FO8. The van der Waals surface area contributed by atoms with E-state index >= 15 is 0 Å². The van der Waals surface area contributed by atoms with Gasteiger partial charge in [0.2, 0.25) is 5.75 Å². The van der Waals surface area contributed by atoms with Crippen molar-refractivity contribution in [2.75, 3.05) is 6.61 Å². The van der Waals surface area contributed by atoms with E-state index < -0.39 is 63.3 Å². The van der Waals surface area contributed by atoms with E-state index in [0.717, 1.165) is 12.1 Å². The Morgan fingerprint density at radius 3 is 1.82 bits per heavy atom. The molecule has 2 N–H and O–H groups in total. The van der Waals surface area contributed by atoms with Crippen molar-refractivity contribution in [2.24, 2.45) is 0 Å². The van der Waals surface area contributed by atoms with Gasteiger partial charge in [0.05, 0.1) is 28.9 Å². The summed E-state index contributed by atoms with van der Waals surface area (Å²) in [7, 11) is 0. The van der Waals surface area contributed by atoms with Crippen LogP contribution in [0.4, 0.5) is 4.39 Å². The van der Waals surface area contributed by atoms with Gasteiger partial charge >= 0.3 is 11.9 Å². The van der Waals surface area contributed by atoms with Crippen molar-refractivity contribution in [3.8, 4) is 17.2 Å². The van der Waals surface area contributed by atoms with Crippen LogP contribution in [0.2, 0.25) is 0 Å². The van der Waals surface area contributed by atoms with Crippen LogP contribution in [-0.4, -0.2) is 40.3 Å². The van der Waals surface area contributed by atoms with Gasteiger partial charge in [0.15, 0.2) is 23.1 Å². The summed E-state index contributed by atoms with van der Waals surface area (Å²) in [6, 6.07) is 19.4. The monoisotopic (exact) mass is 528 g/mol. The van der Waals surface area contributed by atoms with Crippen molar-refractivity contribution >= 4 is 23.5 Å². The van der Waals surface area contributed by atoms with Gasteiger partial charge in [-0.3, -0.25) is 9.59 Å². The Bertz CT molecular complexity index is 1580. The third-order valence-electron chi connectivity index (χ3n) is 5.66. The van der Waals surface area contributed by atoms with E-state index in [1.807, 2.05) is 0 Å². The topological polar surface area (TPSA) is 127 Å². The molecule has 4 aromatic carbocycles. The zero-order chi connectivity index (χ0) is 28.1. The lowest BCUT2D eigenvalue weighted by Crippen LogP contribution is -2.21. The quantitative estimate of drug-likeness (QED) is 0.140. The van der Waals surface area contributed by atoms with Crippen molar-refractivity contribution in [2.45, 2.75) is 6.92 Å². The standard InChI is InChI=1S/C30H21FO8/c1-2-38-30(37)21-22(24(32)17-10-5-3-6-11-17)26(34)27(35)28(39-29(36)18-12-7-4-8-13-18)23(21)25(33)19-14-9-15-20(31)16-19/h3-16,34-35H,2H2,1H3. The first-order chi connectivity index (χ1) is 18.7. The number of ether oxygens (including phenoxy) is 2. The lowest BCUT2D eigenvalue weighted by Gasteiger charge is -2.19. The summed E-state index contributed by atoms with van der Waals surface area (Å²) in [5.74, 6) is -8.22. The van der Waals surface area contributed by atoms with Crippen LogP contribution in [0, 0.1) is 5.82 Å². The Labute approximate surface area is 221 Å². The Morgan fingerprint density at radius 1 is 0.667 bits per heavy atom. The van der Waals surface area contributed by atoms with Gasteiger partial charge < -0.3 is 19.7 Å². The Morgan fingerprint density at radius 2 is 1.23 bits per heavy atom. The van der Waals surface area contributed by atoms with Crippen molar-refractivity contribution in [1.82, 2.24) is 0 Å². The number of rotatable bonds is 8. The van der Waals surface area contributed by atoms with E-state index in [1.165, 1.54) is 55.5 Å². The molecule has 0 saturated carbocycles. The zero-order valence-electron chi connectivity index (χ0n) is 20.5. The van der Waals surface area contributed by atoms with Crippen LogP contribution in [-0.2, 0) is 4.74 Å². The normalized spacial score (nSPS) is 10.5. The van der Waals surface area contributed by atoms with Gasteiger partial charge in [0, 0.05) is 11.1 Å². The van der Waals surface area contributed by atoms with Crippen LogP contribution in [0.25, 0.3) is 0 Å². The summed E-state index contributed by atoms with van der Waals surface area (Å²) >= 11 is 0. The fourth-order valence-electron chi connectivity index (χ4n) is 3.88. The number of carbonyl (C=O) groups excluding carboxylic acids is 4. The molecule has 0 aliphatic carbocycles. The van der Waals surface area contributed by atoms with Crippen LogP contribution < -0.4 is 4.74 Å². The molecule has 39 heavy (non-hydrogen) atoms. The summed E-state index contributed by atoms with van der Waals surface area (Å²) in [4.78, 5) is 53.5. The molecule has 0 amide bonds. The summed E-state index contributed by atoms with van der Waals surface area (Å²) in [6.45, 7) is 1.29. The molecule has 0 heterocycles. The highest BCUT2D eigenvalue weighted by Crippen LogP contribution is 2.46. The summed E-state index contributed by atoms with van der Waals surface area (Å²) in [6.07, 6.45) is 0. The first-order valence-corrected chi connectivity index (χ1v) is 11.7. The molecule has 0 aromatic heterocycles. The predicted molar refractivity (Wildman–Crippen MR) is 137 cm³/mol. The van der Waals surface area contributed by atoms with Gasteiger partial charge in [-0.15, -0.1) is 0 Å². The van der Waals surface area contributed by atoms with E-state index in [1.54, 1.807) is 24.3 Å². The summed E-state index contributed by atoms with van der Waals surface area (Å²) in [5.41, 5.74) is -2.54. The fraction of sp³-hybridized carbons (Fsp3) is 0.0667. The molecule has 0 spiro atoms. The van der Waals surface area contributed by atoms with Crippen LogP contribution in [0.3, 0.4) is 0 Å². The maximum atomic E-state index is 14.1. The molecule has 9 heteroatoms. The third kappa shape index (κ3) is 5.37. The van der Waals surface area contributed by atoms with Crippen molar-refractivity contribution < 1.29 is 43.3 Å². The highest BCUT2D eigenvalue weighted by molar-refractivity contribution is 6.24. The second-order valence-electron chi connectivity index (χ2n) is 8.16. The minimum atomic E-state index is -1.22. The molecule has 0 fully saturated rings. The SMILES string of the molecule is CCOC(=O)c1c(C(=O)c2ccccc2)c(O)c(O)c(OC(=O)c2ccccc2)c1C(=O)c1cccc(F)c1. The predicted octanol–water partition coefficient (Wildman–Crippen LogP) is 5.09. The van der Waals surface area contributed by atoms with Gasteiger partial charge in [0.1, 0.15) is 5.82 Å². The van der Waals surface area contributed by atoms with E-state index in [4.69, 9.17) is 9.47 Å². The van der Waals surface area contributed by atoms with E-state index in [9.17, 15) is 33.8 Å². The van der Waals surface area contributed by atoms with Crippen molar-refractivity contribution in [3.05, 3.63) is 124 Å². The highest BCUT2D eigenvalue weighted by atomic mass is 19.1. The smallest absolute Gasteiger partial charge is 0.343 e. The molecule has 196 valence electrons. The molecule has 0 aliphatic rings. The van der Waals surface area contributed by atoms with Crippen LogP contribution in [0.1, 0.15) is 59.5 Å². The lowest BCUT2D eigenvalue weighted by molar-refractivity contribution is 0.0517. The molecule has 0 saturated heterocycles. The number of ketones is 2. The highest BCUT2D eigenvalue weighted by Gasteiger charge is 2.37. The lowest BCUT2D eigenvalue weighted by atomic mass is 9.88. The zero-order valence-corrected chi connectivity index (χ0v) is 20.5. The second-order valence-corrected chi connectivity index (χ2v) is 8.16. The molecule has 0 aliphatic heterocycles. The number of hydrogen-bond acceptors (Lipinski definition) is 8. The van der Waals surface area contributed by atoms with Crippen LogP contribution >= 0.6 is 0 Å². The largest absolute Gasteiger partial charge is 0.504 e. The number of esters is 2. The summed E-state index contributed by atoms with van der Waals surface area (Å²) < 4.78 is 24.5. The summed E-state index contributed by atoms with van der Waals surface area (Å²) in [5, 5.41) is 22.0. The Hall–Kier alpha value is -5.31. The molecule has 8 nitrogen and oxygen atoms in total. The number of halogens is 1. The number of phenols is 2. The van der Waals surface area contributed by atoms with Gasteiger partial charge in [-0.25, -0.2) is 14.0 Å². The van der Waals surface area contributed by atoms with E-state index in [2.05, 4.69) is 0 Å². The minimum Gasteiger partial charge on any atom is -0.504 e. The van der Waals surface area contributed by atoms with Gasteiger partial charge in [-0.2, -0.15) is 0 Å². The average molecular weight is 528 g/mol. The average Bonchev–Trinajstić information content (AvgIpc) is 2.95. The molecule has 0 bridgehead atoms. The minimum absolute atomic E-state index is 0.0101. The fourth-order valence-corrected chi connectivity index (χ4v) is 3.88. The third-order valence-corrected chi connectivity index (χ3v) is 5.66. The van der Waals surface area contributed by atoms with Crippen molar-refractivity contribution in [1.29, 1.82) is 0 Å². The number of hydrogen-bond donors (Lipinski definition) is 2. The van der Waals surface area contributed by atoms with Crippen LogP contribution in [0.15, 0.2) is 84.9 Å². The number of aromatic hydroxyl groups is 2. The first kappa shape index (κ1) is 26.7. The van der Waals surface area contributed by atoms with Gasteiger partial charge in [-0.1, -0.05) is 60.7 Å². The molecule has 0 radical (unpaired) electrons. The van der Waals surface area contributed by atoms with E-state index in [0.29, 0.717) is 0 Å². The molecule has 0 atom stereocenters. The maximum absolute atomic E-state index is 14.1. The molecule has 4 rings (SSSR count).